The maximum absolute atomic E-state index is 13.5. The number of hydrogen-bond donors (Lipinski definition) is 1. The van der Waals surface area contributed by atoms with Gasteiger partial charge in [-0.2, -0.15) is 5.10 Å². The number of aromatic nitrogens is 3. The fourth-order valence-corrected chi connectivity index (χ4v) is 4.36. The lowest BCUT2D eigenvalue weighted by molar-refractivity contribution is -0.118. The van der Waals surface area contributed by atoms with E-state index in [9.17, 15) is 9.59 Å². The van der Waals surface area contributed by atoms with Crippen LogP contribution in [-0.4, -0.2) is 32.6 Å². The van der Waals surface area contributed by atoms with Gasteiger partial charge in [0.2, 0.25) is 11.8 Å². The van der Waals surface area contributed by atoms with Crippen LogP contribution >= 0.6 is 23.2 Å². The molecule has 158 valence electrons. The Bertz CT molecular complexity index is 1190. The first kappa shape index (κ1) is 20.0. The van der Waals surface area contributed by atoms with Crippen molar-refractivity contribution in [1.82, 2.24) is 14.8 Å². The highest BCUT2D eigenvalue weighted by molar-refractivity contribution is 6.31. The second-order valence-corrected chi connectivity index (χ2v) is 8.70. The van der Waals surface area contributed by atoms with E-state index in [0.29, 0.717) is 28.0 Å². The van der Waals surface area contributed by atoms with Crippen LogP contribution in [0.5, 0.6) is 0 Å². The molecule has 1 aromatic carbocycles. The number of pyridine rings is 1. The first-order chi connectivity index (χ1) is 14.9. The van der Waals surface area contributed by atoms with Crippen LogP contribution in [0.15, 0.2) is 42.7 Å². The summed E-state index contributed by atoms with van der Waals surface area (Å²) in [5.74, 6) is -0.368. The van der Waals surface area contributed by atoms with E-state index in [0.717, 1.165) is 29.8 Å². The van der Waals surface area contributed by atoms with Gasteiger partial charge in [-0.15, -0.1) is 0 Å². The Morgan fingerprint density at radius 2 is 1.90 bits per heavy atom. The molecule has 1 aliphatic heterocycles. The van der Waals surface area contributed by atoms with Gasteiger partial charge < -0.3 is 10.2 Å². The average molecular weight is 456 g/mol. The minimum atomic E-state index is -0.580. The first-order valence-corrected chi connectivity index (χ1v) is 10.7. The van der Waals surface area contributed by atoms with E-state index in [1.165, 1.54) is 6.92 Å². The minimum Gasteiger partial charge on any atom is -0.311 e. The second-order valence-electron chi connectivity index (χ2n) is 7.83. The van der Waals surface area contributed by atoms with E-state index in [4.69, 9.17) is 23.2 Å². The molecule has 9 heteroatoms. The number of anilines is 2. The number of carbonyl (C=O) groups is 2. The van der Waals surface area contributed by atoms with Crippen LogP contribution in [0.25, 0.3) is 0 Å². The number of nitrogens with zero attached hydrogens (tertiary/aromatic N) is 4. The molecule has 7 nitrogen and oxygen atoms in total. The van der Waals surface area contributed by atoms with Crippen molar-refractivity contribution in [2.75, 3.05) is 10.2 Å². The Morgan fingerprint density at radius 1 is 1.13 bits per heavy atom. The van der Waals surface area contributed by atoms with E-state index in [-0.39, 0.29) is 17.9 Å². The van der Waals surface area contributed by atoms with E-state index >= 15 is 0 Å². The number of rotatable bonds is 5. The Morgan fingerprint density at radius 3 is 2.58 bits per heavy atom. The van der Waals surface area contributed by atoms with Crippen molar-refractivity contribution >= 4 is 46.5 Å². The number of halogens is 2. The van der Waals surface area contributed by atoms with Crippen molar-refractivity contribution in [2.45, 2.75) is 38.3 Å². The van der Waals surface area contributed by atoms with Crippen LogP contribution in [0, 0.1) is 0 Å². The third-order valence-corrected chi connectivity index (χ3v) is 5.99. The molecule has 1 N–H and O–H groups in total. The lowest BCUT2D eigenvalue weighted by Crippen LogP contribution is -2.31. The highest BCUT2D eigenvalue weighted by Gasteiger charge is 2.46. The Kier molecular flexibility index (Phi) is 4.95. The second kappa shape index (κ2) is 7.66. The van der Waals surface area contributed by atoms with Gasteiger partial charge in [0.15, 0.2) is 0 Å². The standard InChI is InChI=1S/C22H19Cl2N5O2/c1-12(30)27-21-18(10-26-28(21)11-15-4-2-14(24)9-25-15)20-17-8-13(23)3-7-19(17)29(22(20)31)16-5-6-16/h2-4,7-10,16,20H,5-6,11H2,1H3,(H,27,30). The van der Waals surface area contributed by atoms with Crippen molar-refractivity contribution < 1.29 is 9.59 Å². The maximum Gasteiger partial charge on any atom is 0.239 e. The van der Waals surface area contributed by atoms with Gasteiger partial charge in [-0.3, -0.25) is 14.6 Å². The van der Waals surface area contributed by atoms with Gasteiger partial charge in [0.1, 0.15) is 5.82 Å². The van der Waals surface area contributed by atoms with Crippen molar-refractivity contribution in [1.29, 1.82) is 0 Å². The summed E-state index contributed by atoms with van der Waals surface area (Å²) >= 11 is 12.2. The minimum absolute atomic E-state index is 0.0180. The highest BCUT2D eigenvalue weighted by atomic mass is 35.5. The molecule has 1 fully saturated rings. The smallest absolute Gasteiger partial charge is 0.239 e. The number of carbonyl (C=O) groups excluding carboxylic acids is 2. The quantitative estimate of drug-likeness (QED) is 0.623. The lowest BCUT2D eigenvalue weighted by Gasteiger charge is -2.17. The average Bonchev–Trinajstić information content (AvgIpc) is 3.43. The summed E-state index contributed by atoms with van der Waals surface area (Å²) in [5, 5.41) is 8.43. The van der Waals surface area contributed by atoms with Crippen LogP contribution < -0.4 is 10.2 Å². The molecule has 3 aromatic rings. The predicted octanol–water partition coefficient (Wildman–Crippen LogP) is 4.23. The number of benzene rings is 1. The Labute approximate surface area is 189 Å². The number of nitrogens with one attached hydrogen (secondary N) is 1. The summed E-state index contributed by atoms with van der Waals surface area (Å²) < 4.78 is 1.64. The van der Waals surface area contributed by atoms with Gasteiger partial charge in [0.25, 0.3) is 0 Å². The SMILES string of the molecule is CC(=O)Nc1c(C2C(=O)N(C3CC3)c3ccc(Cl)cc32)cnn1Cc1ccc(Cl)cn1. The molecule has 1 saturated carbocycles. The summed E-state index contributed by atoms with van der Waals surface area (Å²) in [6.45, 7) is 1.75. The molecular formula is C22H19Cl2N5O2. The molecule has 3 heterocycles. The van der Waals surface area contributed by atoms with Crippen LogP contribution in [-0.2, 0) is 16.1 Å². The number of fused-ring (bicyclic) bond motifs is 1. The first-order valence-electron chi connectivity index (χ1n) is 9.98. The molecule has 1 atom stereocenters. The van der Waals surface area contributed by atoms with E-state index in [1.54, 1.807) is 35.3 Å². The van der Waals surface area contributed by atoms with Gasteiger partial charge >= 0.3 is 0 Å². The molecule has 0 saturated heterocycles. The predicted molar refractivity (Wildman–Crippen MR) is 119 cm³/mol. The molecule has 0 bridgehead atoms. The van der Waals surface area contributed by atoms with Gasteiger partial charge in [-0.1, -0.05) is 23.2 Å². The lowest BCUT2D eigenvalue weighted by atomic mass is 9.94. The summed E-state index contributed by atoms with van der Waals surface area (Å²) in [4.78, 5) is 31.7. The van der Waals surface area contributed by atoms with Gasteiger partial charge in [-0.25, -0.2) is 4.68 Å². The van der Waals surface area contributed by atoms with Crippen LogP contribution in [0.2, 0.25) is 10.0 Å². The zero-order valence-electron chi connectivity index (χ0n) is 16.7. The maximum atomic E-state index is 13.5. The van der Waals surface area contributed by atoms with Crippen LogP contribution in [0.3, 0.4) is 0 Å². The molecule has 5 rings (SSSR count). The Hall–Kier alpha value is -2.90. The Balaban J connectivity index is 1.59. The van der Waals surface area contributed by atoms with E-state index < -0.39 is 5.92 Å². The zero-order valence-corrected chi connectivity index (χ0v) is 18.2. The topological polar surface area (TPSA) is 80.1 Å². The van der Waals surface area contributed by atoms with Crippen molar-refractivity contribution in [3.8, 4) is 0 Å². The summed E-state index contributed by atoms with van der Waals surface area (Å²) in [6.07, 6.45) is 5.18. The normalized spacial score (nSPS) is 17.7. The molecule has 31 heavy (non-hydrogen) atoms. The number of hydrogen-bond acceptors (Lipinski definition) is 4. The third kappa shape index (κ3) is 3.68. The molecule has 2 aliphatic rings. The molecule has 2 amide bonds. The summed E-state index contributed by atoms with van der Waals surface area (Å²) in [7, 11) is 0. The number of amides is 2. The molecule has 2 aromatic heterocycles. The molecule has 0 spiro atoms. The zero-order chi connectivity index (χ0) is 21.7. The summed E-state index contributed by atoms with van der Waals surface area (Å²) in [6, 6.07) is 9.29. The third-order valence-electron chi connectivity index (χ3n) is 5.53. The molecule has 1 aliphatic carbocycles. The molecule has 0 radical (unpaired) electrons. The van der Waals surface area contributed by atoms with Crippen LogP contribution in [0.4, 0.5) is 11.5 Å². The fourth-order valence-electron chi connectivity index (χ4n) is 4.06. The van der Waals surface area contributed by atoms with Gasteiger partial charge in [0, 0.05) is 35.4 Å². The highest BCUT2D eigenvalue weighted by Crippen LogP contribution is 2.48. The molecule has 1 unspecified atom stereocenters. The van der Waals surface area contributed by atoms with E-state index in [1.807, 2.05) is 17.0 Å². The monoisotopic (exact) mass is 455 g/mol. The van der Waals surface area contributed by atoms with Gasteiger partial charge in [-0.05, 0) is 48.7 Å². The fraction of sp³-hybridized carbons (Fsp3) is 0.273. The van der Waals surface area contributed by atoms with Crippen molar-refractivity contribution in [3.63, 3.8) is 0 Å². The van der Waals surface area contributed by atoms with E-state index in [2.05, 4.69) is 15.4 Å². The largest absolute Gasteiger partial charge is 0.311 e. The van der Waals surface area contributed by atoms with Gasteiger partial charge in [0.05, 0.1) is 29.4 Å². The van der Waals surface area contributed by atoms with Crippen molar-refractivity contribution in [2.24, 2.45) is 0 Å². The molecular weight excluding hydrogens is 437 g/mol. The summed E-state index contributed by atoms with van der Waals surface area (Å²) in [5.41, 5.74) is 3.08. The van der Waals surface area contributed by atoms with Crippen LogP contribution in [0.1, 0.15) is 42.5 Å². The van der Waals surface area contributed by atoms with Crippen molar-refractivity contribution in [3.05, 3.63) is 69.6 Å².